The zero-order valence-electron chi connectivity index (χ0n) is 22.8. The highest BCUT2D eigenvalue weighted by atomic mass is 16.7. The van der Waals surface area contributed by atoms with E-state index in [1.807, 2.05) is 73.7 Å². The van der Waals surface area contributed by atoms with E-state index >= 15 is 0 Å². The van der Waals surface area contributed by atoms with Crippen molar-refractivity contribution in [3.05, 3.63) is 132 Å². The average Bonchev–Trinajstić information content (AvgIpc) is 3.27. The molecule has 0 bridgehead atoms. The normalized spacial score (nSPS) is 26.7. The molecule has 0 radical (unpaired) electrons. The number of nitrogens with two attached hydrogens (primary N) is 1. The predicted octanol–water partition coefficient (Wildman–Crippen LogP) is 5.07. The lowest BCUT2D eigenvalue weighted by molar-refractivity contribution is -0.180. The molecule has 2 aliphatic rings. The van der Waals surface area contributed by atoms with Crippen molar-refractivity contribution in [2.75, 3.05) is 5.73 Å². The van der Waals surface area contributed by atoms with Crippen LogP contribution in [0, 0.1) is 0 Å². The predicted molar refractivity (Wildman–Crippen MR) is 154 cm³/mol. The van der Waals surface area contributed by atoms with Crippen LogP contribution < -0.4 is 5.73 Å². The third kappa shape index (κ3) is 4.49. The largest absolute Gasteiger partial charge is 0.382 e. The van der Waals surface area contributed by atoms with E-state index in [4.69, 9.17) is 24.7 Å². The second-order valence-electron chi connectivity index (χ2n) is 10.8. The van der Waals surface area contributed by atoms with Crippen molar-refractivity contribution in [3.8, 4) is 0 Å². The molecule has 1 aliphatic heterocycles. The van der Waals surface area contributed by atoms with Crippen molar-refractivity contribution in [2.24, 2.45) is 0 Å². The standard InChI is InChI=1S/C33H32N4O4/c1-32(27-18-17-26-30(34)35-22-36-37(26)27)31(39-20-24-13-7-3-8-14-24)33(40-21-25-15-9-4-10-16-25)28(29(33)41-32)38-19-23-11-5-2-6-12-23/h2-18,22,28-29,31H,19-21H2,1H3,(H2,34,35,36). The minimum Gasteiger partial charge on any atom is -0.382 e. The van der Waals surface area contributed by atoms with E-state index in [9.17, 15) is 0 Å². The molecule has 7 rings (SSSR count). The second kappa shape index (κ2) is 10.4. The maximum Gasteiger partial charge on any atom is 0.155 e. The van der Waals surface area contributed by atoms with Crippen molar-refractivity contribution in [3.63, 3.8) is 0 Å². The SMILES string of the molecule is CC1(c2ccc3c(N)ncnn23)OC2C(OCc3ccccc3)C2(OCc2ccccc2)C1OCc1ccccc1. The molecule has 41 heavy (non-hydrogen) atoms. The van der Waals surface area contributed by atoms with Crippen molar-refractivity contribution in [2.45, 2.75) is 56.3 Å². The fourth-order valence-electron chi connectivity index (χ4n) is 6.10. The summed E-state index contributed by atoms with van der Waals surface area (Å²) in [6.45, 7) is 3.27. The third-order valence-electron chi connectivity index (χ3n) is 8.19. The van der Waals surface area contributed by atoms with Crippen molar-refractivity contribution in [1.29, 1.82) is 0 Å². The van der Waals surface area contributed by atoms with E-state index in [2.05, 4.69) is 46.5 Å². The van der Waals surface area contributed by atoms with Crippen molar-refractivity contribution in [1.82, 2.24) is 14.6 Å². The molecule has 8 heteroatoms. The number of nitrogen functional groups attached to an aromatic ring is 1. The molecule has 1 saturated carbocycles. The number of benzene rings is 3. The van der Waals surface area contributed by atoms with E-state index in [1.165, 1.54) is 6.33 Å². The van der Waals surface area contributed by atoms with Crippen LogP contribution in [-0.2, 0) is 44.4 Å². The second-order valence-corrected chi connectivity index (χ2v) is 10.8. The molecular formula is C33H32N4O4. The molecule has 3 heterocycles. The van der Waals surface area contributed by atoms with E-state index in [0.29, 0.717) is 31.2 Å². The Kier molecular flexibility index (Phi) is 6.55. The van der Waals surface area contributed by atoms with Gasteiger partial charge in [-0.15, -0.1) is 0 Å². The van der Waals surface area contributed by atoms with Gasteiger partial charge in [-0.3, -0.25) is 0 Å². The fraction of sp³-hybridized carbons (Fsp3) is 0.273. The number of fused-ring (bicyclic) bond motifs is 2. The Morgan fingerprint density at radius 2 is 1.37 bits per heavy atom. The van der Waals surface area contributed by atoms with E-state index in [-0.39, 0.29) is 12.2 Å². The van der Waals surface area contributed by atoms with Gasteiger partial charge in [0.05, 0.1) is 25.5 Å². The number of hydrogen-bond donors (Lipinski definition) is 1. The molecule has 1 aliphatic carbocycles. The first-order chi connectivity index (χ1) is 20.1. The van der Waals surface area contributed by atoms with Crippen LogP contribution in [-0.4, -0.2) is 38.5 Å². The maximum atomic E-state index is 6.91. The summed E-state index contributed by atoms with van der Waals surface area (Å²) in [4.78, 5) is 4.16. The number of aromatic nitrogens is 3. The molecule has 0 spiro atoms. The quantitative estimate of drug-likeness (QED) is 0.261. The minimum absolute atomic E-state index is 0.314. The van der Waals surface area contributed by atoms with Gasteiger partial charge < -0.3 is 24.7 Å². The highest BCUT2D eigenvalue weighted by Gasteiger charge is 2.83. The van der Waals surface area contributed by atoms with Gasteiger partial charge in [-0.25, -0.2) is 9.50 Å². The van der Waals surface area contributed by atoms with Gasteiger partial charge in [-0.05, 0) is 35.7 Å². The molecule has 0 amide bonds. The lowest BCUT2D eigenvalue weighted by Gasteiger charge is -2.37. The summed E-state index contributed by atoms with van der Waals surface area (Å²) in [7, 11) is 0. The van der Waals surface area contributed by atoms with Gasteiger partial charge in [-0.1, -0.05) is 91.0 Å². The van der Waals surface area contributed by atoms with Crippen molar-refractivity contribution >= 4 is 11.3 Å². The maximum absolute atomic E-state index is 6.91. The van der Waals surface area contributed by atoms with Gasteiger partial charge in [0.1, 0.15) is 35.8 Å². The summed E-state index contributed by atoms with van der Waals surface area (Å²) in [6, 6.07) is 34.3. The van der Waals surface area contributed by atoms with E-state index < -0.39 is 17.3 Å². The molecule has 2 fully saturated rings. The minimum atomic E-state index is -0.907. The highest BCUT2D eigenvalue weighted by molar-refractivity contribution is 5.66. The van der Waals surface area contributed by atoms with Gasteiger partial charge in [0, 0.05) is 0 Å². The lowest BCUT2D eigenvalue weighted by atomic mass is 9.90. The first-order valence-electron chi connectivity index (χ1n) is 13.8. The Morgan fingerprint density at radius 1 is 0.780 bits per heavy atom. The first-order valence-corrected chi connectivity index (χ1v) is 13.8. The summed E-state index contributed by atoms with van der Waals surface area (Å²) in [5, 5.41) is 4.51. The van der Waals surface area contributed by atoms with Crippen LogP contribution in [0.2, 0.25) is 0 Å². The zero-order chi connectivity index (χ0) is 27.9. The number of nitrogens with zero attached hydrogens (tertiary/aromatic N) is 3. The topological polar surface area (TPSA) is 93.1 Å². The molecule has 5 atom stereocenters. The molecule has 2 aromatic heterocycles. The van der Waals surface area contributed by atoms with Crippen LogP contribution in [0.5, 0.6) is 0 Å². The van der Waals surface area contributed by atoms with Gasteiger partial charge >= 0.3 is 0 Å². The Morgan fingerprint density at radius 3 is 2.00 bits per heavy atom. The summed E-state index contributed by atoms with van der Waals surface area (Å²) in [5.41, 5.74) is 9.19. The monoisotopic (exact) mass is 548 g/mol. The first kappa shape index (κ1) is 25.9. The molecule has 208 valence electrons. The third-order valence-corrected chi connectivity index (χ3v) is 8.19. The molecule has 5 unspecified atom stereocenters. The van der Waals surface area contributed by atoms with Gasteiger partial charge in [0.15, 0.2) is 11.4 Å². The molecule has 2 N–H and O–H groups in total. The molecule has 8 nitrogen and oxygen atoms in total. The Hall–Kier alpha value is -4.08. The summed E-state index contributed by atoms with van der Waals surface area (Å²) in [6.07, 6.45) is 0.286. The van der Waals surface area contributed by atoms with Crippen LogP contribution in [0.1, 0.15) is 29.3 Å². The van der Waals surface area contributed by atoms with Crippen LogP contribution in [0.3, 0.4) is 0 Å². The smallest absolute Gasteiger partial charge is 0.155 e. The van der Waals surface area contributed by atoms with Crippen LogP contribution >= 0.6 is 0 Å². The van der Waals surface area contributed by atoms with Crippen LogP contribution in [0.25, 0.3) is 5.52 Å². The summed E-state index contributed by atoms with van der Waals surface area (Å²) >= 11 is 0. The lowest BCUT2D eigenvalue weighted by Crippen LogP contribution is -2.49. The Labute approximate surface area is 238 Å². The number of anilines is 1. The van der Waals surface area contributed by atoms with Crippen LogP contribution in [0.15, 0.2) is 109 Å². The molecule has 1 saturated heterocycles. The number of hydrogen-bond acceptors (Lipinski definition) is 7. The van der Waals surface area contributed by atoms with Crippen molar-refractivity contribution < 1.29 is 18.9 Å². The molecular weight excluding hydrogens is 516 g/mol. The summed E-state index contributed by atoms with van der Waals surface area (Å²) in [5.74, 6) is 0.402. The molecule has 5 aromatic rings. The van der Waals surface area contributed by atoms with Gasteiger partial charge in [0.25, 0.3) is 0 Å². The average molecular weight is 549 g/mol. The highest BCUT2D eigenvalue weighted by Crippen LogP contribution is 2.63. The van der Waals surface area contributed by atoms with Gasteiger partial charge in [-0.2, -0.15) is 5.10 Å². The zero-order valence-corrected chi connectivity index (χ0v) is 22.8. The van der Waals surface area contributed by atoms with Crippen LogP contribution in [0.4, 0.5) is 5.82 Å². The molecule has 3 aromatic carbocycles. The van der Waals surface area contributed by atoms with E-state index in [0.717, 1.165) is 22.4 Å². The van der Waals surface area contributed by atoms with E-state index in [1.54, 1.807) is 4.52 Å². The van der Waals surface area contributed by atoms with Gasteiger partial charge in [0.2, 0.25) is 0 Å². The fourth-order valence-corrected chi connectivity index (χ4v) is 6.10. The Balaban J connectivity index is 1.27. The number of rotatable bonds is 10. The number of ether oxygens (including phenoxy) is 4. The Bertz CT molecular complexity index is 1630. The summed E-state index contributed by atoms with van der Waals surface area (Å²) < 4.78 is 28.9.